The van der Waals surface area contributed by atoms with Crippen LogP contribution in [0.3, 0.4) is 0 Å². The van der Waals surface area contributed by atoms with E-state index in [1.54, 1.807) is 0 Å². The number of aliphatic hydroxyl groups excluding tert-OH is 1. The summed E-state index contributed by atoms with van der Waals surface area (Å²) in [6.07, 6.45) is 9.37. The van der Waals surface area contributed by atoms with Gasteiger partial charge in [-0.3, -0.25) is 4.79 Å². The molecule has 2 aliphatic heterocycles. The van der Waals surface area contributed by atoms with Gasteiger partial charge in [-0.25, -0.2) is 0 Å². The average Bonchev–Trinajstić information content (AvgIpc) is 3.16. The highest BCUT2D eigenvalue weighted by molar-refractivity contribution is 5.70. The standard InChI is InChI=1S/C30H48O5/c1-24(2,33)21-10-12-28(7,34-21)23-18(31)16-27(6)20-9-8-19-25(3,4)35-22(32)11-13-29(19)17-30(20,29)15-14-26(23,27)5/h18-21,23,31,33H,8-17H2,1-7H3/t18-,19?,20?,21-,23-,26+,27-,28+,29+,30-/m0/s1. The molecule has 2 N–H and O–H groups in total. The minimum atomic E-state index is -0.868. The predicted octanol–water partition coefficient (Wildman–Crippen LogP) is 5.40. The van der Waals surface area contributed by atoms with E-state index >= 15 is 0 Å². The number of cyclic esters (lactones) is 1. The molecule has 0 aromatic carbocycles. The lowest BCUT2D eigenvalue weighted by molar-refractivity contribution is -0.192. The van der Waals surface area contributed by atoms with Crippen LogP contribution in [-0.4, -0.2) is 45.2 Å². The Hall–Kier alpha value is -0.650. The fraction of sp³-hybridized carbons (Fsp3) is 0.967. The van der Waals surface area contributed by atoms with Crippen LogP contribution in [0.5, 0.6) is 0 Å². The van der Waals surface area contributed by atoms with Crippen molar-refractivity contribution in [3.05, 3.63) is 0 Å². The van der Waals surface area contributed by atoms with Crippen molar-refractivity contribution in [2.45, 2.75) is 142 Å². The van der Waals surface area contributed by atoms with Gasteiger partial charge >= 0.3 is 5.97 Å². The zero-order valence-corrected chi connectivity index (χ0v) is 23.1. The van der Waals surface area contributed by atoms with Gasteiger partial charge in [0, 0.05) is 18.3 Å². The van der Waals surface area contributed by atoms with E-state index in [1.807, 2.05) is 13.8 Å². The van der Waals surface area contributed by atoms with E-state index in [0.717, 1.165) is 38.5 Å². The lowest BCUT2D eigenvalue weighted by atomic mass is 9.43. The third-order valence-corrected chi connectivity index (χ3v) is 13.2. The van der Waals surface area contributed by atoms with Gasteiger partial charge in [0.15, 0.2) is 0 Å². The number of rotatable bonds is 2. The summed E-state index contributed by atoms with van der Waals surface area (Å²) in [5.41, 5.74) is -1.12. The summed E-state index contributed by atoms with van der Waals surface area (Å²) >= 11 is 0. The van der Waals surface area contributed by atoms with E-state index in [-0.39, 0.29) is 45.8 Å². The highest BCUT2D eigenvalue weighted by atomic mass is 16.6. The van der Waals surface area contributed by atoms with Gasteiger partial charge in [-0.1, -0.05) is 13.8 Å². The Labute approximate surface area is 211 Å². The Morgan fingerprint density at radius 2 is 1.54 bits per heavy atom. The minimum Gasteiger partial charge on any atom is -0.459 e. The van der Waals surface area contributed by atoms with Gasteiger partial charge in [0.1, 0.15) is 5.60 Å². The van der Waals surface area contributed by atoms with E-state index in [4.69, 9.17) is 9.47 Å². The van der Waals surface area contributed by atoms with Crippen LogP contribution in [0.15, 0.2) is 0 Å². The summed E-state index contributed by atoms with van der Waals surface area (Å²) < 4.78 is 12.7. The number of esters is 1. The van der Waals surface area contributed by atoms with Crippen molar-refractivity contribution >= 4 is 5.97 Å². The van der Waals surface area contributed by atoms with Crippen LogP contribution in [0.25, 0.3) is 0 Å². The first-order valence-corrected chi connectivity index (χ1v) is 14.3. The Balaban J connectivity index is 1.35. The van der Waals surface area contributed by atoms with Crippen LogP contribution in [0.2, 0.25) is 0 Å². The van der Waals surface area contributed by atoms with Gasteiger partial charge in [0.25, 0.3) is 0 Å². The molecule has 4 saturated carbocycles. The quantitative estimate of drug-likeness (QED) is 0.509. The average molecular weight is 489 g/mol. The van der Waals surface area contributed by atoms with Crippen molar-refractivity contribution in [1.29, 1.82) is 0 Å². The molecule has 35 heavy (non-hydrogen) atoms. The molecule has 4 aliphatic carbocycles. The zero-order chi connectivity index (χ0) is 25.4. The van der Waals surface area contributed by atoms with Crippen LogP contribution >= 0.6 is 0 Å². The second kappa shape index (κ2) is 6.86. The number of hydrogen-bond donors (Lipinski definition) is 2. The largest absolute Gasteiger partial charge is 0.459 e. The van der Waals surface area contributed by atoms with Crippen LogP contribution in [-0.2, 0) is 14.3 Å². The molecule has 0 aromatic rings. The number of ether oxygens (including phenoxy) is 2. The lowest BCUT2D eigenvalue weighted by Gasteiger charge is -2.62. The number of aliphatic hydroxyl groups is 2. The summed E-state index contributed by atoms with van der Waals surface area (Å²) in [6.45, 7) is 15.1. The Morgan fingerprint density at radius 3 is 2.20 bits per heavy atom. The highest BCUT2D eigenvalue weighted by Crippen LogP contribution is 2.88. The number of carbonyl (C=O) groups excluding carboxylic acids is 1. The maximum absolute atomic E-state index is 12.5. The van der Waals surface area contributed by atoms with E-state index in [1.165, 1.54) is 19.3 Å². The molecule has 6 aliphatic rings. The summed E-state index contributed by atoms with van der Waals surface area (Å²) in [5, 5.41) is 22.4. The van der Waals surface area contributed by atoms with Crippen molar-refractivity contribution in [3.8, 4) is 0 Å². The molecule has 2 unspecified atom stereocenters. The monoisotopic (exact) mass is 488 g/mol. The van der Waals surface area contributed by atoms with Crippen LogP contribution in [0.1, 0.15) is 113 Å². The lowest BCUT2D eigenvalue weighted by Crippen LogP contribution is -2.58. The van der Waals surface area contributed by atoms with E-state index < -0.39 is 16.8 Å². The first-order valence-electron chi connectivity index (χ1n) is 14.3. The van der Waals surface area contributed by atoms with Crippen molar-refractivity contribution < 1.29 is 24.5 Å². The first-order chi connectivity index (χ1) is 16.0. The first kappa shape index (κ1) is 24.7. The molecule has 0 radical (unpaired) electrons. The molecule has 198 valence electrons. The normalized spacial score (nSPS) is 56.8. The van der Waals surface area contributed by atoms with Crippen molar-refractivity contribution in [2.75, 3.05) is 0 Å². The summed E-state index contributed by atoms with van der Waals surface area (Å²) in [6, 6.07) is 0. The minimum absolute atomic E-state index is 0.00520. The van der Waals surface area contributed by atoms with Crippen LogP contribution in [0, 0.1) is 39.4 Å². The second-order valence-electron chi connectivity index (χ2n) is 15.4. The van der Waals surface area contributed by atoms with Crippen molar-refractivity contribution in [2.24, 2.45) is 39.4 Å². The molecule has 5 nitrogen and oxygen atoms in total. The van der Waals surface area contributed by atoms with E-state index in [2.05, 4.69) is 34.6 Å². The molecule has 2 saturated heterocycles. The highest BCUT2D eigenvalue weighted by Gasteiger charge is 2.83. The predicted molar refractivity (Wildman–Crippen MR) is 133 cm³/mol. The molecule has 0 amide bonds. The van der Waals surface area contributed by atoms with Crippen LogP contribution < -0.4 is 0 Å². The number of carbonyl (C=O) groups is 1. The van der Waals surface area contributed by atoms with E-state index in [0.29, 0.717) is 18.3 Å². The topological polar surface area (TPSA) is 76.0 Å². The summed E-state index contributed by atoms with van der Waals surface area (Å²) in [4.78, 5) is 12.5. The van der Waals surface area contributed by atoms with Gasteiger partial charge in [0.05, 0.1) is 23.4 Å². The smallest absolute Gasteiger partial charge is 0.306 e. The summed E-state index contributed by atoms with van der Waals surface area (Å²) in [7, 11) is 0. The van der Waals surface area contributed by atoms with Gasteiger partial charge in [-0.15, -0.1) is 0 Å². The molecule has 10 atom stereocenters. The molecule has 5 heteroatoms. The molecular weight excluding hydrogens is 440 g/mol. The maximum atomic E-state index is 12.5. The Morgan fingerprint density at radius 1 is 0.886 bits per heavy atom. The van der Waals surface area contributed by atoms with Crippen molar-refractivity contribution in [3.63, 3.8) is 0 Å². The SMILES string of the molecule is CC1(C)OC(=O)CC[C@]23C[C@]24CC[C@]2(C)[C@@H]([C@@]5(C)CC[C@@H](C(C)(C)O)O5)[C@@H](O)C[C@@]2(C)C4CCC13. The van der Waals surface area contributed by atoms with Gasteiger partial charge in [-0.05, 0) is 120 Å². The number of hydrogen-bond acceptors (Lipinski definition) is 5. The fourth-order valence-electron chi connectivity index (χ4n) is 11.7. The molecule has 0 aromatic heterocycles. The summed E-state index contributed by atoms with van der Waals surface area (Å²) in [5.74, 6) is 1.07. The molecule has 6 fully saturated rings. The third kappa shape index (κ3) is 2.90. The zero-order valence-electron chi connectivity index (χ0n) is 23.1. The van der Waals surface area contributed by atoms with E-state index in [9.17, 15) is 15.0 Å². The Kier molecular flexibility index (Phi) is 4.83. The van der Waals surface area contributed by atoms with Gasteiger partial charge in [0.2, 0.25) is 0 Å². The fourth-order valence-corrected chi connectivity index (χ4v) is 11.7. The van der Waals surface area contributed by atoms with Gasteiger partial charge in [-0.2, -0.15) is 0 Å². The van der Waals surface area contributed by atoms with Crippen molar-refractivity contribution in [1.82, 2.24) is 0 Å². The third-order valence-electron chi connectivity index (χ3n) is 13.2. The second-order valence-corrected chi connectivity index (χ2v) is 15.4. The molecule has 6 rings (SSSR count). The number of fused-ring (bicyclic) bond motifs is 2. The van der Waals surface area contributed by atoms with Gasteiger partial charge < -0.3 is 19.7 Å². The molecule has 2 spiro atoms. The molecular formula is C30H48O5. The van der Waals surface area contributed by atoms with Crippen LogP contribution in [0.4, 0.5) is 0 Å². The molecule has 2 heterocycles. The molecule has 0 bridgehead atoms. The Bertz CT molecular complexity index is 938. The maximum Gasteiger partial charge on any atom is 0.306 e.